The highest BCUT2D eigenvalue weighted by Crippen LogP contribution is 2.42. The van der Waals surface area contributed by atoms with Crippen molar-refractivity contribution in [2.45, 2.75) is 45.8 Å². The van der Waals surface area contributed by atoms with Gasteiger partial charge >= 0.3 is 5.97 Å². The number of hydrogen-bond acceptors (Lipinski definition) is 6. The first-order valence-corrected chi connectivity index (χ1v) is 9.71. The smallest absolute Gasteiger partial charge is 0.374 e. The molecule has 1 N–H and O–H groups in total. The second-order valence-corrected chi connectivity index (χ2v) is 7.62. The van der Waals surface area contributed by atoms with Crippen LogP contribution < -0.4 is 10.4 Å². The summed E-state index contributed by atoms with van der Waals surface area (Å²) in [6.07, 6.45) is 0.854. The Balaban J connectivity index is 1.84. The van der Waals surface area contributed by atoms with Gasteiger partial charge in [-0.15, -0.1) is 0 Å². The normalized spacial score (nSPS) is 19.4. The Morgan fingerprint density at radius 2 is 2.00 bits per heavy atom. The van der Waals surface area contributed by atoms with E-state index in [1.165, 1.54) is 0 Å². The summed E-state index contributed by atoms with van der Waals surface area (Å²) in [7, 11) is 0. The minimum absolute atomic E-state index is 0.0581. The van der Waals surface area contributed by atoms with Crippen LogP contribution in [0.2, 0.25) is 0 Å². The molecule has 29 heavy (non-hydrogen) atoms. The Morgan fingerprint density at radius 3 is 2.72 bits per heavy atom. The van der Waals surface area contributed by atoms with Crippen LogP contribution in [0.5, 0.6) is 5.75 Å². The van der Waals surface area contributed by atoms with Crippen molar-refractivity contribution in [1.82, 2.24) is 9.55 Å². The first-order valence-electron chi connectivity index (χ1n) is 9.71. The molecular weight excluding hydrogens is 372 g/mol. The fourth-order valence-corrected chi connectivity index (χ4v) is 4.39. The predicted octanol–water partition coefficient (Wildman–Crippen LogP) is 2.74. The molecule has 0 fully saturated rings. The summed E-state index contributed by atoms with van der Waals surface area (Å²) in [5, 5.41) is 12.0. The average molecular weight is 392 g/mol. The van der Waals surface area contributed by atoms with E-state index in [2.05, 4.69) is 17.9 Å². The topological polar surface area (TPSA) is 90.7 Å². The molecule has 0 amide bonds. The van der Waals surface area contributed by atoms with E-state index in [4.69, 9.17) is 9.87 Å². The molecule has 3 aromatic rings. The van der Waals surface area contributed by atoms with Crippen molar-refractivity contribution in [2.24, 2.45) is 0 Å². The summed E-state index contributed by atoms with van der Waals surface area (Å²) in [5.41, 5.74) is 3.17. The van der Waals surface area contributed by atoms with Crippen molar-refractivity contribution < 1.29 is 19.7 Å². The van der Waals surface area contributed by atoms with E-state index in [1.54, 1.807) is 17.6 Å². The van der Waals surface area contributed by atoms with E-state index < -0.39 is 17.1 Å². The number of nitrogens with zero attached hydrogens (tertiary/aromatic N) is 2. The van der Waals surface area contributed by atoms with Crippen LogP contribution in [0.3, 0.4) is 0 Å². The van der Waals surface area contributed by atoms with E-state index in [9.17, 15) is 14.7 Å². The molecule has 0 spiro atoms. The highest BCUT2D eigenvalue weighted by atomic mass is 17.2. The third kappa shape index (κ3) is 2.25. The van der Waals surface area contributed by atoms with Gasteiger partial charge in [0.05, 0.1) is 29.0 Å². The van der Waals surface area contributed by atoms with Crippen LogP contribution in [0.15, 0.2) is 29.1 Å². The molecule has 2 aromatic heterocycles. The number of fused-ring (bicyclic) bond motifs is 5. The molecule has 7 nitrogen and oxygen atoms in total. The zero-order valence-electron chi connectivity index (χ0n) is 16.4. The van der Waals surface area contributed by atoms with Crippen LogP contribution in [0.4, 0.5) is 0 Å². The number of hydrogen-bond donors (Lipinski definition) is 1. The highest BCUT2D eigenvalue weighted by molar-refractivity contribution is 5.89. The number of carbonyl (C=O) groups excluding carboxylic acids is 1. The number of aliphatic hydroxyl groups is 1. The van der Waals surface area contributed by atoms with Gasteiger partial charge in [0.25, 0.3) is 5.56 Å². The maximum Gasteiger partial charge on any atom is 0.391 e. The van der Waals surface area contributed by atoms with E-state index in [0.717, 1.165) is 34.0 Å². The number of carbonyl (C=O) groups is 1. The van der Waals surface area contributed by atoms with Crippen molar-refractivity contribution >= 4 is 16.9 Å². The van der Waals surface area contributed by atoms with Crippen molar-refractivity contribution in [2.75, 3.05) is 0 Å². The van der Waals surface area contributed by atoms with Crippen LogP contribution in [-0.4, -0.2) is 20.6 Å². The Morgan fingerprint density at radius 1 is 1.21 bits per heavy atom. The van der Waals surface area contributed by atoms with Crippen LogP contribution in [-0.2, 0) is 28.2 Å². The van der Waals surface area contributed by atoms with Gasteiger partial charge in [0.2, 0.25) is 5.75 Å². The Hall–Kier alpha value is -3.19. The quantitative estimate of drug-likeness (QED) is 0.528. The molecule has 1 unspecified atom stereocenters. The zero-order valence-corrected chi connectivity index (χ0v) is 16.4. The van der Waals surface area contributed by atoms with Crippen LogP contribution in [0, 0.1) is 6.92 Å². The molecule has 4 heterocycles. The number of pyridine rings is 2. The molecule has 148 valence electrons. The summed E-state index contributed by atoms with van der Waals surface area (Å²) >= 11 is 0. The molecule has 0 radical (unpaired) electrons. The maximum atomic E-state index is 13.1. The third-order valence-corrected chi connectivity index (χ3v) is 6.02. The molecule has 0 aliphatic carbocycles. The molecule has 2 aliphatic rings. The standard InChI is InChI=1S/C22H20N2O5/c1-4-12-13-8-11(3)6-7-16(13)23-18-14(12)10-24-17(18)9-15-19(20(24)25)28-29-21(26)22(15,27)5-2/h6-9,27H,4-5,10H2,1-3H3. The van der Waals surface area contributed by atoms with E-state index >= 15 is 0 Å². The first-order chi connectivity index (χ1) is 13.9. The minimum Gasteiger partial charge on any atom is -0.374 e. The third-order valence-electron chi connectivity index (χ3n) is 6.02. The van der Waals surface area contributed by atoms with E-state index in [0.29, 0.717) is 17.9 Å². The Bertz CT molecular complexity index is 1280. The van der Waals surface area contributed by atoms with Crippen molar-refractivity contribution in [1.29, 1.82) is 0 Å². The van der Waals surface area contributed by atoms with E-state index in [-0.39, 0.29) is 17.7 Å². The number of aromatic nitrogens is 2. The maximum absolute atomic E-state index is 13.1. The lowest BCUT2D eigenvalue weighted by molar-refractivity contribution is -0.245. The van der Waals surface area contributed by atoms with Gasteiger partial charge in [-0.1, -0.05) is 25.5 Å². The Labute approximate surface area is 166 Å². The van der Waals surface area contributed by atoms with Gasteiger partial charge in [-0.05, 0) is 43.5 Å². The molecule has 0 saturated heterocycles. The number of benzene rings is 1. The molecule has 7 heteroatoms. The summed E-state index contributed by atoms with van der Waals surface area (Å²) < 4.78 is 1.57. The average Bonchev–Trinajstić information content (AvgIpc) is 3.08. The molecule has 1 atom stereocenters. The SMILES string of the molecule is CCc1c2c(nc3ccc(C)cc13)-c1cc3c(c(=O)n1C2)OOC(=O)C3(O)CC. The monoisotopic (exact) mass is 392 g/mol. The van der Waals surface area contributed by atoms with Gasteiger partial charge in [0.15, 0.2) is 5.60 Å². The zero-order chi connectivity index (χ0) is 20.5. The molecule has 2 aliphatic heterocycles. The summed E-state index contributed by atoms with van der Waals surface area (Å²) in [5.74, 6) is -1.07. The van der Waals surface area contributed by atoms with Crippen molar-refractivity contribution in [3.8, 4) is 17.1 Å². The van der Waals surface area contributed by atoms with Crippen molar-refractivity contribution in [3.63, 3.8) is 0 Å². The molecular formula is C22H20N2O5. The van der Waals surface area contributed by atoms with Gasteiger partial charge in [0, 0.05) is 10.9 Å². The second kappa shape index (κ2) is 5.90. The van der Waals surface area contributed by atoms with Crippen LogP contribution in [0.1, 0.15) is 42.5 Å². The minimum atomic E-state index is -1.92. The highest BCUT2D eigenvalue weighted by Gasteiger charge is 2.48. The van der Waals surface area contributed by atoms with Gasteiger partial charge in [-0.2, -0.15) is 0 Å². The summed E-state index contributed by atoms with van der Waals surface area (Å²) in [6, 6.07) is 7.74. The predicted molar refractivity (Wildman–Crippen MR) is 106 cm³/mol. The van der Waals surface area contributed by atoms with Crippen LogP contribution >= 0.6 is 0 Å². The summed E-state index contributed by atoms with van der Waals surface area (Å²) in [4.78, 5) is 39.7. The summed E-state index contributed by atoms with van der Waals surface area (Å²) in [6.45, 7) is 6.14. The number of rotatable bonds is 2. The van der Waals surface area contributed by atoms with Gasteiger partial charge in [0.1, 0.15) is 0 Å². The molecule has 0 bridgehead atoms. The fourth-order valence-electron chi connectivity index (χ4n) is 4.39. The lowest BCUT2D eigenvalue weighted by Crippen LogP contribution is -2.43. The van der Waals surface area contributed by atoms with Gasteiger partial charge in [-0.25, -0.2) is 14.7 Å². The first kappa shape index (κ1) is 17.9. The van der Waals surface area contributed by atoms with Gasteiger partial charge < -0.3 is 5.11 Å². The largest absolute Gasteiger partial charge is 0.391 e. The molecule has 0 saturated carbocycles. The molecule has 1 aromatic carbocycles. The lowest BCUT2D eigenvalue weighted by Gasteiger charge is -2.29. The number of aryl methyl sites for hydroxylation is 2. The van der Waals surface area contributed by atoms with Crippen molar-refractivity contribution in [3.05, 3.63) is 56.9 Å². The fraction of sp³-hybridized carbons (Fsp3) is 0.318. The Kier molecular flexibility index (Phi) is 3.64. The molecule has 5 rings (SSSR count). The van der Waals surface area contributed by atoms with Crippen LogP contribution in [0.25, 0.3) is 22.3 Å². The van der Waals surface area contributed by atoms with E-state index in [1.807, 2.05) is 19.1 Å². The second-order valence-electron chi connectivity index (χ2n) is 7.62. The lowest BCUT2D eigenvalue weighted by atomic mass is 9.89. The van der Waals surface area contributed by atoms with Gasteiger partial charge in [-0.3, -0.25) is 14.2 Å².